The Kier molecular flexibility index (Phi) is 5.90. The summed E-state index contributed by atoms with van der Waals surface area (Å²) >= 11 is 1.11. The second-order valence-electron chi connectivity index (χ2n) is 7.05. The Bertz CT molecular complexity index is 1180. The molecule has 15 heteroatoms. The van der Waals surface area contributed by atoms with E-state index in [1.807, 2.05) is 0 Å². The lowest BCUT2D eigenvalue weighted by molar-refractivity contribution is -0.139. The summed E-state index contributed by atoms with van der Waals surface area (Å²) in [7, 11) is -1.44. The van der Waals surface area contributed by atoms with Crippen molar-refractivity contribution < 1.29 is 28.6 Å². The highest BCUT2D eigenvalue weighted by Crippen LogP contribution is 2.52. The summed E-state index contributed by atoms with van der Waals surface area (Å²) in [5.41, 5.74) is 11.7. The largest absolute Gasteiger partial charge is 0.490 e. The van der Waals surface area contributed by atoms with Gasteiger partial charge in [-0.05, 0) is 31.2 Å². The van der Waals surface area contributed by atoms with Gasteiger partial charge in [0, 0.05) is 10.9 Å². The molecule has 33 heavy (non-hydrogen) atoms. The number of carbonyl (C=O) groups excluding carboxylic acids is 2. The summed E-state index contributed by atoms with van der Waals surface area (Å²) in [5.74, 6) is -0.635. The monoisotopic (exact) mass is 493 g/mol. The minimum absolute atomic E-state index is 0.00371. The van der Waals surface area contributed by atoms with Gasteiger partial charge in [0.15, 0.2) is 39.1 Å². The van der Waals surface area contributed by atoms with E-state index in [2.05, 4.69) is 20.6 Å². The van der Waals surface area contributed by atoms with Gasteiger partial charge in [-0.3, -0.25) is 9.59 Å². The topological polar surface area (TPSA) is 195 Å². The number of nitrogens with two attached hydrogens (primary N) is 2. The van der Waals surface area contributed by atoms with Gasteiger partial charge in [-0.2, -0.15) is 0 Å². The first kappa shape index (κ1) is 22.5. The molecule has 0 radical (unpaired) electrons. The van der Waals surface area contributed by atoms with Crippen LogP contribution in [0, 0.1) is 0 Å². The number of hydrogen-bond donors (Lipinski definition) is 4. The first-order chi connectivity index (χ1) is 15.8. The van der Waals surface area contributed by atoms with E-state index < -0.39 is 33.7 Å². The van der Waals surface area contributed by atoms with E-state index in [0.717, 1.165) is 11.3 Å². The number of nitrogens with zero attached hydrogens (tertiary/aromatic N) is 4. The predicted octanol–water partition coefficient (Wildman–Crippen LogP) is -0.660. The summed E-state index contributed by atoms with van der Waals surface area (Å²) < 4.78 is 18.5. The molecule has 174 valence electrons. The van der Waals surface area contributed by atoms with Crippen LogP contribution in [0.4, 0.5) is 5.13 Å². The summed E-state index contributed by atoms with van der Waals surface area (Å²) in [4.78, 5) is 33.1. The Morgan fingerprint density at radius 3 is 2.70 bits per heavy atom. The summed E-state index contributed by atoms with van der Waals surface area (Å²) in [6, 6.07) is 5.59. The van der Waals surface area contributed by atoms with Crippen LogP contribution in [0.2, 0.25) is 0 Å². The fourth-order valence-corrected chi connectivity index (χ4v) is 5.12. The number of benzene rings is 1. The number of nitrogen functional groups attached to an aromatic ring is 1. The first-order valence-electron chi connectivity index (χ1n) is 9.46. The Morgan fingerprint density at radius 1 is 1.39 bits per heavy atom. The number of oxime groups is 2. The summed E-state index contributed by atoms with van der Waals surface area (Å²) in [5, 5.41) is 19.7. The number of hydrogen-bond acceptors (Lipinski definition) is 11. The zero-order chi connectivity index (χ0) is 23.8. The minimum Gasteiger partial charge on any atom is -0.490 e. The molecule has 3 atom stereocenters. The highest BCUT2D eigenvalue weighted by molar-refractivity contribution is 7.92. The molecule has 2 fully saturated rings. The second-order valence-corrected chi connectivity index (χ2v) is 9.62. The number of β-lactam (4-membered cyclic amide) rings is 1. The molecule has 13 nitrogen and oxygen atoms in total. The van der Waals surface area contributed by atoms with Gasteiger partial charge in [-0.1, -0.05) is 10.3 Å². The number of amidine groups is 1. The van der Waals surface area contributed by atoms with E-state index >= 15 is 0 Å². The Labute approximate surface area is 193 Å². The molecule has 2 aromatic rings. The third-order valence-corrected chi connectivity index (χ3v) is 7.50. The van der Waals surface area contributed by atoms with Crippen LogP contribution in [0.3, 0.4) is 0 Å². The van der Waals surface area contributed by atoms with Gasteiger partial charge >= 0.3 is 0 Å². The van der Waals surface area contributed by atoms with Crippen molar-refractivity contribution in [2.75, 3.05) is 18.9 Å². The molecule has 4 rings (SSSR count). The molecule has 0 aliphatic carbocycles. The van der Waals surface area contributed by atoms with Crippen LogP contribution in [0.1, 0.15) is 18.2 Å². The van der Waals surface area contributed by atoms with Crippen molar-refractivity contribution in [1.82, 2.24) is 14.6 Å². The van der Waals surface area contributed by atoms with Gasteiger partial charge in [0.1, 0.15) is 24.1 Å². The van der Waals surface area contributed by atoms with Gasteiger partial charge in [0.25, 0.3) is 11.8 Å². The Hall–Kier alpha value is -3.72. The van der Waals surface area contributed by atoms with Crippen molar-refractivity contribution >= 4 is 50.8 Å². The van der Waals surface area contributed by atoms with Gasteiger partial charge in [0.05, 0.1) is 0 Å². The SMILES string of the molecule is C[C@]12[C@@H](NC(=O)/C(=N/OCCOc3ccc(/C(N)=N/O)cc3)c3csc(N)n3)C(=O)N1S2=O. The van der Waals surface area contributed by atoms with Crippen LogP contribution in [0.5, 0.6) is 5.75 Å². The number of anilines is 1. The molecule has 6 N–H and O–H groups in total. The molecule has 1 aromatic carbocycles. The van der Waals surface area contributed by atoms with Gasteiger partial charge in [0.2, 0.25) is 0 Å². The molecular weight excluding hydrogens is 474 g/mol. The van der Waals surface area contributed by atoms with E-state index in [1.54, 1.807) is 31.2 Å². The predicted molar refractivity (Wildman–Crippen MR) is 119 cm³/mol. The van der Waals surface area contributed by atoms with Crippen LogP contribution in [-0.2, 0) is 25.4 Å². The van der Waals surface area contributed by atoms with Gasteiger partial charge in [-0.15, -0.1) is 11.3 Å². The number of thiazole rings is 1. The van der Waals surface area contributed by atoms with Crippen LogP contribution >= 0.6 is 11.3 Å². The van der Waals surface area contributed by atoms with Crippen molar-refractivity contribution in [1.29, 1.82) is 0 Å². The molecule has 0 bridgehead atoms. The molecule has 3 heterocycles. The maximum absolute atomic E-state index is 12.8. The summed E-state index contributed by atoms with van der Waals surface area (Å²) in [6.45, 7) is 1.72. The van der Waals surface area contributed by atoms with Gasteiger partial charge < -0.3 is 31.6 Å². The highest BCUT2D eigenvalue weighted by Gasteiger charge is 2.78. The quantitative estimate of drug-likeness (QED) is 0.0667. The number of ether oxygens (including phenoxy) is 1. The average Bonchev–Trinajstić information content (AvgIpc) is 3.06. The highest BCUT2D eigenvalue weighted by atomic mass is 32.2. The number of amides is 2. The van der Waals surface area contributed by atoms with Crippen molar-refractivity contribution in [3.63, 3.8) is 0 Å². The lowest BCUT2D eigenvalue weighted by Gasteiger charge is -2.29. The number of nitrogens with one attached hydrogen (secondary N) is 1. The van der Waals surface area contributed by atoms with Crippen molar-refractivity contribution in [2.24, 2.45) is 16.0 Å². The number of fused-ring (bicyclic) bond motifs is 1. The van der Waals surface area contributed by atoms with Crippen LogP contribution in [0.25, 0.3) is 0 Å². The van der Waals surface area contributed by atoms with E-state index in [4.69, 9.17) is 26.2 Å². The van der Waals surface area contributed by atoms with Crippen LogP contribution in [-0.4, -0.2) is 66.2 Å². The molecule has 1 aromatic heterocycles. The number of carbonyl (C=O) groups is 2. The zero-order valence-electron chi connectivity index (χ0n) is 17.1. The zero-order valence-corrected chi connectivity index (χ0v) is 18.8. The lowest BCUT2D eigenvalue weighted by atomic mass is 10.0. The fraction of sp³-hybridized carbons (Fsp3) is 0.278. The maximum Gasteiger partial charge on any atom is 0.276 e. The Morgan fingerprint density at radius 2 is 2.12 bits per heavy atom. The summed E-state index contributed by atoms with van der Waals surface area (Å²) in [6.07, 6.45) is 0. The minimum atomic E-state index is -1.44. The maximum atomic E-state index is 12.8. The van der Waals surface area contributed by atoms with Gasteiger partial charge in [-0.25, -0.2) is 13.5 Å². The van der Waals surface area contributed by atoms with Crippen LogP contribution < -0.4 is 21.5 Å². The lowest BCUT2D eigenvalue weighted by Crippen LogP contribution is -2.62. The van der Waals surface area contributed by atoms with Crippen molar-refractivity contribution in [3.05, 3.63) is 40.9 Å². The molecule has 2 amide bonds. The van der Waals surface area contributed by atoms with Crippen LogP contribution in [0.15, 0.2) is 40.0 Å². The molecule has 2 aliphatic rings. The van der Waals surface area contributed by atoms with E-state index in [0.29, 0.717) is 11.3 Å². The fourth-order valence-electron chi connectivity index (χ4n) is 3.14. The number of aromatic nitrogens is 1. The standard InChI is InChI=1S/C18H19N7O6S2/c1-18-13(16(27)25(18)33(18)29)22-15(26)12(11-8-32-17(20)21-11)24-31-7-6-30-10-4-2-9(3-5-10)14(19)23-28/h2-5,8,13,28H,6-7H2,1H3,(H2,19,23)(H2,20,21)(H,22,26)/b24-12+/t13-,18-,25?,33?/m0/s1. The third-order valence-electron chi connectivity index (χ3n) is 4.98. The third kappa shape index (κ3) is 4.07. The Balaban J connectivity index is 1.35. The number of rotatable bonds is 9. The molecule has 1 unspecified atom stereocenters. The molecule has 0 spiro atoms. The van der Waals surface area contributed by atoms with Crippen molar-refractivity contribution in [2.45, 2.75) is 17.8 Å². The normalized spacial score (nSPS) is 24.0. The smallest absolute Gasteiger partial charge is 0.276 e. The average molecular weight is 494 g/mol. The first-order valence-corrected chi connectivity index (χ1v) is 11.4. The van der Waals surface area contributed by atoms with E-state index in [-0.39, 0.29) is 35.6 Å². The molecule has 0 saturated carbocycles. The molecule has 2 aliphatic heterocycles. The second kappa shape index (κ2) is 8.67. The van der Waals surface area contributed by atoms with E-state index in [1.165, 1.54) is 9.69 Å². The molecule has 2 saturated heterocycles. The van der Waals surface area contributed by atoms with Crippen molar-refractivity contribution in [3.8, 4) is 5.75 Å². The molecular formula is C18H19N7O6S2. The van der Waals surface area contributed by atoms with E-state index in [9.17, 15) is 13.8 Å².